The van der Waals surface area contributed by atoms with Crippen LogP contribution in [0.1, 0.15) is 50.7 Å². The third-order valence-corrected chi connectivity index (χ3v) is 7.33. The van der Waals surface area contributed by atoms with Crippen molar-refractivity contribution < 1.29 is 9.68 Å². The number of rotatable bonds is 17. The number of unbranched alkanes of at least 4 members (excludes halogenated alkanes) is 2. The maximum Gasteiger partial charge on any atom is 0.147 e. The molecular formula is C26H40N2O2S2. The first-order valence-corrected chi connectivity index (χ1v) is 14.3. The first kappa shape index (κ1) is 26.9. The largest absolute Gasteiger partial charge is 0.406 e. The lowest BCUT2D eigenvalue weighted by Crippen LogP contribution is -2.31. The Morgan fingerprint density at radius 2 is 0.969 bits per heavy atom. The van der Waals surface area contributed by atoms with Crippen LogP contribution in [0.15, 0.2) is 48.5 Å². The standard InChI is InChI=1S/C26H40N2O2S2/c1-5-7-17-27(29-25-13-9-23(3)10-14-25)19-21-31-32-22-20-28(18-8-6-2)30-26-15-11-24(4)12-16-26/h9-16H,5-8,17-22H2,1-4H3. The number of benzene rings is 2. The number of hydrogen-bond donors (Lipinski definition) is 0. The van der Waals surface area contributed by atoms with Crippen LogP contribution in [0.3, 0.4) is 0 Å². The normalized spacial score (nSPS) is 11.3. The number of hydroxylamine groups is 4. The minimum Gasteiger partial charge on any atom is -0.406 e. The third kappa shape index (κ3) is 11.5. The molecule has 0 radical (unpaired) electrons. The van der Waals surface area contributed by atoms with E-state index in [2.05, 4.69) is 86.4 Å². The number of nitrogens with zero attached hydrogens (tertiary/aromatic N) is 2. The Hall–Kier alpha value is -1.34. The molecule has 0 atom stereocenters. The second kappa shape index (κ2) is 16.3. The molecule has 0 spiro atoms. The van der Waals surface area contributed by atoms with Crippen molar-refractivity contribution in [3.8, 4) is 11.5 Å². The molecule has 32 heavy (non-hydrogen) atoms. The third-order valence-electron chi connectivity index (χ3n) is 4.96. The van der Waals surface area contributed by atoms with E-state index >= 15 is 0 Å². The van der Waals surface area contributed by atoms with Crippen LogP contribution in [-0.4, -0.2) is 47.8 Å². The highest BCUT2D eigenvalue weighted by Crippen LogP contribution is 2.22. The number of hydrogen-bond acceptors (Lipinski definition) is 6. The number of aryl methyl sites for hydroxylation is 2. The lowest BCUT2D eigenvalue weighted by atomic mass is 10.2. The van der Waals surface area contributed by atoms with Crippen molar-refractivity contribution in [1.29, 1.82) is 0 Å². The summed E-state index contributed by atoms with van der Waals surface area (Å²) >= 11 is 0. The first-order chi connectivity index (χ1) is 15.6. The van der Waals surface area contributed by atoms with Crippen molar-refractivity contribution in [2.24, 2.45) is 0 Å². The molecule has 0 saturated heterocycles. The van der Waals surface area contributed by atoms with Gasteiger partial charge in [-0.15, -0.1) is 10.1 Å². The lowest BCUT2D eigenvalue weighted by molar-refractivity contribution is -0.0536. The second-order valence-corrected chi connectivity index (χ2v) is 10.7. The predicted molar refractivity (Wildman–Crippen MR) is 141 cm³/mol. The van der Waals surface area contributed by atoms with Gasteiger partial charge in [-0.2, -0.15) is 0 Å². The second-order valence-electron chi connectivity index (χ2n) is 8.02. The van der Waals surface area contributed by atoms with Crippen molar-refractivity contribution in [2.75, 3.05) is 37.7 Å². The topological polar surface area (TPSA) is 24.9 Å². The highest BCUT2D eigenvalue weighted by Gasteiger charge is 2.09. The summed E-state index contributed by atoms with van der Waals surface area (Å²) in [6.07, 6.45) is 4.63. The molecule has 2 aromatic carbocycles. The van der Waals surface area contributed by atoms with Crippen LogP contribution in [-0.2, 0) is 0 Å². The molecule has 0 unspecified atom stereocenters. The maximum absolute atomic E-state index is 6.12. The smallest absolute Gasteiger partial charge is 0.147 e. The SMILES string of the molecule is CCCCN(CCSSCCN(CCCC)Oc1ccc(C)cc1)Oc1ccc(C)cc1. The molecule has 2 aromatic rings. The van der Waals surface area contributed by atoms with E-state index in [4.69, 9.17) is 9.68 Å². The van der Waals surface area contributed by atoms with Gasteiger partial charge < -0.3 is 9.68 Å². The van der Waals surface area contributed by atoms with Gasteiger partial charge in [0.15, 0.2) is 0 Å². The fourth-order valence-corrected chi connectivity index (χ4v) is 4.91. The van der Waals surface area contributed by atoms with E-state index in [0.29, 0.717) is 0 Å². The molecule has 0 N–H and O–H groups in total. The van der Waals surface area contributed by atoms with Crippen molar-refractivity contribution in [1.82, 2.24) is 10.1 Å². The molecule has 0 fully saturated rings. The zero-order chi connectivity index (χ0) is 23.0. The highest BCUT2D eigenvalue weighted by molar-refractivity contribution is 8.76. The highest BCUT2D eigenvalue weighted by atomic mass is 33.1. The fourth-order valence-electron chi connectivity index (χ4n) is 2.97. The van der Waals surface area contributed by atoms with Gasteiger partial charge in [0.05, 0.1) is 0 Å². The average molecular weight is 477 g/mol. The summed E-state index contributed by atoms with van der Waals surface area (Å²) in [4.78, 5) is 12.2. The molecule has 0 aliphatic rings. The summed E-state index contributed by atoms with van der Waals surface area (Å²) in [6.45, 7) is 12.4. The van der Waals surface area contributed by atoms with E-state index in [-0.39, 0.29) is 0 Å². The van der Waals surface area contributed by atoms with Crippen molar-refractivity contribution in [3.05, 3.63) is 59.7 Å². The van der Waals surface area contributed by atoms with Crippen molar-refractivity contribution >= 4 is 21.6 Å². The minimum atomic E-state index is 0.921. The van der Waals surface area contributed by atoms with Crippen LogP contribution >= 0.6 is 21.6 Å². The summed E-state index contributed by atoms with van der Waals surface area (Å²) in [5, 5.41) is 4.21. The Balaban J connectivity index is 1.70. The molecule has 0 heterocycles. The van der Waals surface area contributed by atoms with Crippen molar-refractivity contribution in [2.45, 2.75) is 53.4 Å². The van der Waals surface area contributed by atoms with Crippen LogP contribution in [0.25, 0.3) is 0 Å². The molecule has 6 heteroatoms. The lowest BCUT2D eigenvalue weighted by Gasteiger charge is -2.23. The molecule has 0 amide bonds. The molecule has 0 aromatic heterocycles. The van der Waals surface area contributed by atoms with Gasteiger partial charge in [0.25, 0.3) is 0 Å². The summed E-state index contributed by atoms with van der Waals surface area (Å²) in [5.74, 6) is 3.91. The molecule has 0 saturated carbocycles. The summed E-state index contributed by atoms with van der Waals surface area (Å²) in [5.41, 5.74) is 2.51. The Labute approximate surface area is 203 Å². The Kier molecular flexibility index (Phi) is 13.7. The zero-order valence-electron chi connectivity index (χ0n) is 20.2. The van der Waals surface area contributed by atoms with Crippen LogP contribution in [0.4, 0.5) is 0 Å². The summed E-state index contributed by atoms with van der Waals surface area (Å²) in [6, 6.07) is 16.6. The van der Waals surface area contributed by atoms with Gasteiger partial charge in [-0.05, 0) is 51.0 Å². The molecule has 0 aliphatic heterocycles. The van der Waals surface area contributed by atoms with Gasteiger partial charge >= 0.3 is 0 Å². The van der Waals surface area contributed by atoms with Crippen LogP contribution < -0.4 is 9.68 Å². The van der Waals surface area contributed by atoms with Gasteiger partial charge in [0.2, 0.25) is 0 Å². The van der Waals surface area contributed by atoms with Gasteiger partial charge in [0, 0.05) is 37.7 Å². The Morgan fingerprint density at radius 3 is 1.31 bits per heavy atom. The minimum absolute atomic E-state index is 0.921. The van der Waals surface area contributed by atoms with E-state index in [9.17, 15) is 0 Å². The van der Waals surface area contributed by atoms with Crippen LogP contribution in [0.2, 0.25) is 0 Å². The monoisotopic (exact) mass is 476 g/mol. The van der Waals surface area contributed by atoms with E-state index < -0.39 is 0 Å². The van der Waals surface area contributed by atoms with E-state index in [1.54, 1.807) is 0 Å². The predicted octanol–water partition coefficient (Wildman–Crippen LogP) is 7.18. The Bertz CT molecular complexity index is 662. The van der Waals surface area contributed by atoms with Gasteiger partial charge in [-0.1, -0.05) is 83.7 Å². The van der Waals surface area contributed by atoms with Gasteiger partial charge in [0.1, 0.15) is 11.5 Å². The quantitative estimate of drug-likeness (QED) is 0.136. The summed E-state index contributed by atoms with van der Waals surface area (Å²) in [7, 11) is 3.83. The van der Waals surface area contributed by atoms with Crippen molar-refractivity contribution in [3.63, 3.8) is 0 Å². The molecular weight excluding hydrogens is 436 g/mol. The molecule has 178 valence electrons. The first-order valence-electron chi connectivity index (χ1n) is 11.8. The zero-order valence-corrected chi connectivity index (χ0v) is 21.9. The molecule has 0 bridgehead atoms. The average Bonchev–Trinajstić information content (AvgIpc) is 2.80. The van der Waals surface area contributed by atoms with E-state index in [1.807, 2.05) is 21.6 Å². The molecule has 2 rings (SSSR count). The van der Waals surface area contributed by atoms with Gasteiger partial charge in [-0.3, -0.25) is 0 Å². The molecule has 4 nitrogen and oxygen atoms in total. The Morgan fingerprint density at radius 1 is 0.594 bits per heavy atom. The fraction of sp³-hybridized carbons (Fsp3) is 0.538. The van der Waals surface area contributed by atoms with E-state index in [1.165, 1.54) is 24.0 Å². The summed E-state index contributed by atoms with van der Waals surface area (Å²) < 4.78 is 0. The maximum atomic E-state index is 6.12. The van der Waals surface area contributed by atoms with E-state index in [0.717, 1.165) is 62.0 Å². The van der Waals surface area contributed by atoms with Crippen LogP contribution in [0.5, 0.6) is 11.5 Å². The molecule has 0 aliphatic carbocycles. The van der Waals surface area contributed by atoms with Crippen LogP contribution in [0, 0.1) is 13.8 Å². The van der Waals surface area contributed by atoms with Gasteiger partial charge in [-0.25, -0.2) is 0 Å².